The number of carbonyl (C=O) groups excluding carboxylic acids is 1. The molecule has 1 aliphatic rings. The van der Waals surface area contributed by atoms with Crippen LogP contribution in [-0.2, 0) is 4.79 Å². The molecule has 1 aliphatic carbocycles. The third-order valence-corrected chi connectivity index (χ3v) is 4.52. The van der Waals surface area contributed by atoms with E-state index in [0.717, 1.165) is 29.4 Å². The van der Waals surface area contributed by atoms with Crippen LogP contribution in [0.2, 0.25) is 0 Å². The molecule has 3 heteroatoms. The van der Waals surface area contributed by atoms with Gasteiger partial charge in [0, 0.05) is 24.3 Å². The topological polar surface area (TPSA) is 41.1 Å². The molecule has 0 bridgehead atoms. The van der Waals surface area contributed by atoms with Crippen LogP contribution in [0.25, 0.3) is 0 Å². The third kappa shape index (κ3) is 4.76. The maximum Gasteiger partial charge on any atom is 0.224 e. The van der Waals surface area contributed by atoms with Crippen molar-refractivity contribution in [2.24, 2.45) is 5.92 Å². The summed E-state index contributed by atoms with van der Waals surface area (Å²) >= 11 is 0. The van der Waals surface area contributed by atoms with E-state index >= 15 is 0 Å². The van der Waals surface area contributed by atoms with Crippen LogP contribution >= 0.6 is 0 Å². The van der Waals surface area contributed by atoms with Crippen LogP contribution in [0.5, 0.6) is 0 Å². The molecular formula is C18H28N2O. The van der Waals surface area contributed by atoms with Gasteiger partial charge in [0.25, 0.3) is 0 Å². The average Bonchev–Trinajstić information content (AvgIpc) is 2.52. The van der Waals surface area contributed by atoms with Gasteiger partial charge in [-0.3, -0.25) is 4.79 Å². The summed E-state index contributed by atoms with van der Waals surface area (Å²) in [6.45, 7) is 4.96. The zero-order valence-electron chi connectivity index (χ0n) is 13.4. The van der Waals surface area contributed by atoms with Crippen LogP contribution < -0.4 is 10.6 Å². The molecule has 1 aromatic rings. The molecule has 21 heavy (non-hydrogen) atoms. The molecular weight excluding hydrogens is 260 g/mol. The van der Waals surface area contributed by atoms with Gasteiger partial charge in [-0.25, -0.2) is 0 Å². The lowest BCUT2D eigenvalue weighted by Gasteiger charge is -2.22. The van der Waals surface area contributed by atoms with Gasteiger partial charge < -0.3 is 10.6 Å². The lowest BCUT2D eigenvalue weighted by molar-refractivity contribution is -0.115. The monoisotopic (exact) mass is 288 g/mol. The lowest BCUT2D eigenvalue weighted by atomic mass is 9.87. The van der Waals surface area contributed by atoms with Crippen molar-refractivity contribution >= 4 is 17.3 Å². The van der Waals surface area contributed by atoms with Crippen LogP contribution in [0.3, 0.4) is 0 Å². The van der Waals surface area contributed by atoms with Gasteiger partial charge in [0.2, 0.25) is 5.91 Å². The minimum atomic E-state index is 0.0671. The van der Waals surface area contributed by atoms with Gasteiger partial charge in [-0.15, -0.1) is 0 Å². The summed E-state index contributed by atoms with van der Waals surface area (Å²) in [5, 5.41) is 6.50. The first kappa shape index (κ1) is 15.9. The van der Waals surface area contributed by atoms with Gasteiger partial charge in [-0.1, -0.05) is 45.1 Å². The summed E-state index contributed by atoms with van der Waals surface area (Å²) in [6, 6.07) is 6.06. The van der Waals surface area contributed by atoms with Crippen LogP contribution in [0.1, 0.15) is 57.4 Å². The minimum Gasteiger partial charge on any atom is -0.385 e. The van der Waals surface area contributed by atoms with E-state index in [9.17, 15) is 4.79 Å². The lowest BCUT2D eigenvalue weighted by Crippen LogP contribution is -2.14. The number of nitrogens with one attached hydrogen (secondary N) is 2. The maximum absolute atomic E-state index is 11.5. The number of carbonyl (C=O) groups is 1. The SMILES string of the molecule is CCC(=O)Nc1cccc(NCCC2CCCCC2)c1C. The quantitative estimate of drug-likeness (QED) is 0.794. The Kier molecular flexibility index (Phi) is 6.09. The number of anilines is 2. The third-order valence-electron chi connectivity index (χ3n) is 4.52. The molecule has 0 atom stereocenters. The summed E-state index contributed by atoms with van der Waals surface area (Å²) < 4.78 is 0. The minimum absolute atomic E-state index is 0.0671. The van der Waals surface area contributed by atoms with Crippen molar-refractivity contribution < 1.29 is 4.79 Å². The van der Waals surface area contributed by atoms with E-state index < -0.39 is 0 Å². The molecule has 1 aromatic carbocycles. The largest absolute Gasteiger partial charge is 0.385 e. The molecule has 0 aromatic heterocycles. The molecule has 0 radical (unpaired) electrons. The molecule has 2 rings (SSSR count). The summed E-state index contributed by atoms with van der Waals surface area (Å²) in [7, 11) is 0. The molecule has 0 heterocycles. The number of hydrogen-bond donors (Lipinski definition) is 2. The predicted molar refractivity (Wildman–Crippen MR) is 89.8 cm³/mol. The fraction of sp³-hybridized carbons (Fsp3) is 0.611. The standard InChI is InChI=1S/C18H28N2O/c1-3-18(21)20-17-11-7-10-16(14(17)2)19-13-12-15-8-5-4-6-9-15/h7,10-11,15,19H,3-6,8-9,12-13H2,1-2H3,(H,20,21). The highest BCUT2D eigenvalue weighted by Crippen LogP contribution is 2.27. The highest BCUT2D eigenvalue weighted by Gasteiger charge is 2.13. The van der Waals surface area contributed by atoms with Crippen LogP contribution in [0, 0.1) is 12.8 Å². The number of hydrogen-bond acceptors (Lipinski definition) is 2. The molecule has 1 saturated carbocycles. The van der Waals surface area contributed by atoms with E-state index in [1.54, 1.807) is 0 Å². The Labute approximate surface area is 128 Å². The molecule has 116 valence electrons. The van der Waals surface area contributed by atoms with Gasteiger partial charge in [0.05, 0.1) is 0 Å². The summed E-state index contributed by atoms with van der Waals surface area (Å²) in [5.41, 5.74) is 3.19. The van der Waals surface area contributed by atoms with Crippen molar-refractivity contribution in [3.05, 3.63) is 23.8 Å². The Hall–Kier alpha value is -1.51. The van der Waals surface area contributed by atoms with Gasteiger partial charge in [0.15, 0.2) is 0 Å². The van der Waals surface area contributed by atoms with Crippen molar-refractivity contribution in [3.8, 4) is 0 Å². The fourth-order valence-corrected chi connectivity index (χ4v) is 3.09. The molecule has 0 spiro atoms. The smallest absolute Gasteiger partial charge is 0.224 e. The van der Waals surface area contributed by atoms with E-state index in [-0.39, 0.29) is 5.91 Å². The van der Waals surface area contributed by atoms with Crippen LogP contribution in [0.4, 0.5) is 11.4 Å². The van der Waals surface area contributed by atoms with Crippen molar-refractivity contribution in [3.63, 3.8) is 0 Å². The highest BCUT2D eigenvalue weighted by atomic mass is 16.1. The number of amides is 1. The second-order valence-electron chi connectivity index (χ2n) is 6.10. The van der Waals surface area contributed by atoms with Gasteiger partial charge in [-0.05, 0) is 37.0 Å². The van der Waals surface area contributed by atoms with Crippen molar-refractivity contribution in [1.29, 1.82) is 0 Å². The maximum atomic E-state index is 11.5. The number of rotatable bonds is 6. The zero-order valence-corrected chi connectivity index (χ0v) is 13.4. The van der Waals surface area contributed by atoms with E-state index in [1.807, 2.05) is 19.1 Å². The first-order valence-corrected chi connectivity index (χ1v) is 8.34. The molecule has 1 amide bonds. The zero-order chi connectivity index (χ0) is 15.1. The van der Waals surface area contributed by atoms with Crippen molar-refractivity contribution in [1.82, 2.24) is 0 Å². The first-order valence-electron chi connectivity index (χ1n) is 8.34. The molecule has 1 fully saturated rings. The van der Waals surface area contributed by atoms with Crippen molar-refractivity contribution in [2.75, 3.05) is 17.2 Å². The summed E-state index contributed by atoms with van der Waals surface area (Å²) in [5.74, 6) is 0.965. The van der Waals surface area contributed by atoms with Crippen molar-refractivity contribution in [2.45, 2.75) is 58.8 Å². The fourth-order valence-electron chi connectivity index (χ4n) is 3.09. The molecule has 0 unspecified atom stereocenters. The summed E-state index contributed by atoms with van der Waals surface area (Å²) in [4.78, 5) is 11.5. The van der Waals surface area contributed by atoms with E-state index in [1.165, 1.54) is 38.5 Å². The van der Waals surface area contributed by atoms with Gasteiger partial charge in [0.1, 0.15) is 0 Å². The molecule has 2 N–H and O–H groups in total. The average molecular weight is 288 g/mol. The second-order valence-corrected chi connectivity index (χ2v) is 6.10. The Morgan fingerprint density at radius 2 is 1.90 bits per heavy atom. The highest BCUT2D eigenvalue weighted by molar-refractivity contribution is 5.92. The molecule has 3 nitrogen and oxygen atoms in total. The van der Waals surface area contributed by atoms with Gasteiger partial charge >= 0.3 is 0 Å². The predicted octanol–water partition coefficient (Wildman–Crippen LogP) is 4.73. The van der Waals surface area contributed by atoms with Crippen LogP contribution in [-0.4, -0.2) is 12.5 Å². The normalized spacial score (nSPS) is 15.7. The molecule has 0 aliphatic heterocycles. The number of benzene rings is 1. The Morgan fingerprint density at radius 1 is 1.19 bits per heavy atom. The summed E-state index contributed by atoms with van der Waals surface area (Å²) in [6.07, 6.45) is 8.79. The van der Waals surface area contributed by atoms with E-state index in [4.69, 9.17) is 0 Å². The van der Waals surface area contributed by atoms with Crippen LogP contribution in [0.15, 0.2) is 18.2 Å². The van der Waals surface area contributed by atoms with E-state index in [2.05, 4.69) is 23.6 Å². The first-order chi connectivity index (χ1) is 10.2. The second kappa shape index (κ2) is 8.06. The van der Waals surface area contributed by atoms with Gasteiger partial charge in [-0.2, -0.15) is 0 Å². The Morgan fingerprint density at radius 3 is 2.62 bits per heavy atom. The Bertz CT molecular complexity index is 464. The Balaban J connectivity index is 1.87. The van der Waals surface area contributed by atoms with E-state index in [0.29, 0.717) is 6.42 Å². The molecule has 0 saturated heterocycles.